The molecule has 2 fully saturated rings. The number of hydrogen-bond acceptors (Lipinski definition) is 5. The van der Waals surface area contributed by atoms with Crippen LogP contribution < -0.4 is 0 Å². The summed E-state index contributed by atoms with van der Waals surface area (Å²) in [5.41, 5.74) is 0. The Morgan fingerprint density at radius 1 is 1.26 bits per heavy atom. The highest BCUT2D eigenvalue weighted by Gasteiger charge is 2.31. The van der Waals surface area contributed by atoms with Crippen LogP contribution in [0.1, 0.15) is 71.3 Å². The Morgan fingerprint density at radius 3 is 2.74 bits per heavy atom. The summed E-state index contributed by atoms with van der Waals surface area (Å²) >= 11 is 1.51. The molecule has 2 atom stereocenters. The first kappa shape index (κ1) is 16.7. The molecule has 0 aromatic carbocycles. The number of aromatic nitrogens is 4. The first-order valence-electron chi connectivity index (χ1n) is 8.95. The smallest absolute Gasteiger partial charge is 0.236 e. The fourth-order valence-electron chi connectivity index (χ4n) is 3.80. The lowest BCUT2D eigenvalue weighted by atomic mass is 10.00. The van der Waals surface area contributed by atoms with E-state index in [-0.39, 0.29) is 11.2 Å². The molecule has 1 aliphatic carbocycles. The lowest BCUT2D eigenvalue weighted by Gasteiger charge is -2.36. The molecule has 1 aromatic heterocycles. The number of carbonyl (C=O) groups excluding carboxylic acids is 1. The average molecular weight is 337 g/mol. The van der Waals surface area contributed by atoms with Gasteiger partial charge in [0.25, 0.3) is 0 Å². The van der Waals surface area contributed by atoms with Crippen molar-refractivity contribution >= 4 is 17.7 Å². The number of hydrogen-bond donors (Lipinski definition) is 0. The molecule has 23 heavy (non-hydrogen) atoms. The van der Waals surface area contributed by atoms with Gasteiger partial charge >= 0.3 is 0 Å². The monoisotopic (exact) mass is 337 g/mol. The Balaban J connectivity index is 1.65. The third kappa shape index (κ3) is 3.70. The van der Waals surface area contributed by atoms with Crippen molar-refractivity contribution in [3.63, 3.8) is 0 Å². The van der Waals surface area contributed by atoms with E-state index in [1.807, 2.05) is 11.6 Å². The van der Waals surface area contributed by atoms with Crippen LogP contribution in [-0.4, -0.2) is 48.9 Å². The van der Waals surface area contributed by atoms with Crippen LogP contribution >= 0.6 is 11.8 Å². The first-order chi connectivity index (χ1) is 11.2. The van der Waals surface area contributed by atoms with E-state index in [0.29, 0.717) is 12.1 Å². The Kier molecular flexibility index (Phi) is 5.56. The zero-order valence-electron chi connectivity index (χ0n) is 14.1. The molecule has 0 spiro atoms. The second-order valence-corrected chi connectivity index (χ2v) is 8.00. The van der Waals surface area contributed by atoms with Crippen LogP contribution in [0.2, 0.25) is 0 Å². The highest BCUT2D eigenvalue weighted by Crippen LogP contribution is 2.33. The van der Waals surface area contributed by atoms with Gasteiger partial charge in [0.1, 0.15) is 0 Å². The molecule has 2 heterocycles. The van der Waals surface area contributed by atoms with Gasteiger partial charge in [0.05, 0.1) is 11.3 Å². The molecule has 6 nitrogen and oxygen atoms in total. The van der Waals surface area contributed by atoms with Gasteiger partial charge in [-0.05, 0) is 55.9 Å². The summed E-state index contributed by atoms with van der Waals surface area (Å²) in [6.45, 7) is 5.06. The van der Waals surface area contributed by atoms with Crippen molar-refractivity contribution in [2.45, 2.75) is 87.7 Å². The fourth-order valence-corrected chi connectivity index (χ4v) is 4.73. The molecule has 3 rings (SSSR count). The van der Waals surface area contributed by atoms with Crippen LogP contribution in [-0.2, 0) is 4.79 Å². The van der Waals surface area contributed by atoms with Crippen LogP contribution in [0.3, 0.4) is 0 Å². The van der Waals surface area contributed by atoms with Crippen molar-refractivity contribution < 1.29 is 4.79 Å². The summed E-state index contributed by atoms with van der Waals surface area (Å²) in [5, 5.41) is 12.8. The van der Waals surface area contributed by atoms with E-state index in [1.165, 1.54) is 31.0 Å². The zero-order valence-corrected chi connectivity index (χ0v) is 15.0. The van der Waals surface area contributed by atoms with Gasteiger partial charge in [0, 0.05) is 12.6 Å². The van der Waals surface area contributed by atoms with Crippen molar-refractivity contribution in [3.05, 3.63) is 0 Å². The minimum Gasteiger partial charge on any atom is -0.339 e. The standard InChI is InChI=1S/C16H27N5OS/c1-3-13-8-6-7-11-20(13)15(22)12(2)23-16-17-18-19-21(16)14-9-4-5-10-14/h12-14H,3-11H2,1-2H3. The molecule has 7 heteroatoms. The molecule has 1 saturated carbocycles. The summed E-state index contributed by atoms with van der Waals surface area (Å²) in [5.74, 6) is 0.238. The summed E-state index contributed by atoms with van der Waals surface area (Å²) in [7, 11) is 0. The van der Waals surface area contributed by atoms with Gasteiger partial charge < -0.3 is 4.90 Å². The molecule has 1 aromatic rings. The average Bonchev–Trinajstić information content (AvgIpc) is 3.25. The number of rotatable bonds is 5. The number of nitrogens with zero attached hydrogens (tertiary/aromatic N) is 5. The Bertz CT molecular complexity index is 528. The van der Waals surface area contributed by atoms with Crippen molar-refractivity contribution in [1.82, 2.24) is 25.1 Å². The van der Waals surface area contributed by atoms with Gasteiger partial charge in [-0.2, -0.15) is 0 Å². The lowest BCUT2D eigenvalue weighted by molar-refractivity contribution is -0.134. The molecule has 0 radical (unpaired) electrons. The molecule has 2 unspecified atom stereocenters. The second kappa shape index (κ2) is 7.64. The van der Waals surface area contributed by atoms with Crippen LogP contribution in [0.5, 0.6) is 0 Å². The molecule has 0 bridgehead atoms. The molecule has 0 N–H and O–H groups in total. The predicted octanol–water partition coefficient (Wildman–Crippen LogP) is 3.06. The van der Waals surface area contributed by atoms with Crippen LogP contribution in [0, 0.1) is 0 Å². The van der Waals surface area contributed by atoms with E-state index in [1.54, 1.807) is 0 Å². The van der Waals surface area contributed by atoms with E-state index < -0.39 is 0 Å². The summed E-state index contributed by atoms with van der Waals surface area (Å²) in [6.07, 6.45) is 9.33. The molecule has 1 aliphatic heterocycles. The SMILES string of the molecule is CCC1CCCCN1C(=O)C(C)Sc1nnnn1C1CCCC1. The van der Waals surface area contributed by atoms with Crippen LogP contribution in [0.15, 0.2) is 5.16 Å². The van der Waals surface area contributed by atoms with E-state index >= 15 is 0 Å². The van der Waals surface area contributed by atoms with Gasteiger partial charge in [-0.25, -0.2) is 4.68 Å². The van der Waals surface area contributed by atoms with E-state index in [4.69, 9.17) is 0 Å². The third-order valence-electron chi connectivity index (χ3n) is 5.14. The largest absolute Gasteiger partial charge is 0.339 e. The van der Waals surface area contributed by atoms with Gasteiger partial charge in [0.2, 0.25) is 11.1 Å². The van der Waals surface area contributed by atoms with Crippen molar-refractivity contribution in [1.29, 1.82) is 0 Å². The zero-order chi connectivity index (χ0) is 16.2. The van der Waals surface area contributed by atoms with Crippen LogP contribution in [0.25, 0.3) is 0 Å². The maximum atomic E-state index is 12.9. The number of likely N-dealkylation sites (tertiary alicyclic amines) is 1. The van der Waals surface area contributed by atoms with Gasteiger partial charge in [-0.1, -0.05) is 31.5 Å². The number of amides is 1. The van der Waals surface area contributed by atoms with Crippen LogP contribution in [0.4, 0.5) is 0 Å². The molecule has 128 valence electrons. The van der Waals surface area contributed by atoms with E-state index in [2.05, 4.69) is 27.3 Å². The van der Waals surface area contributed by atoms with Gasteiger partial charge in [0.15, 0.2) is 0 Å². The van der Waals surface area contributed by atoms with Crippen molar-refractivity contribution in [3.8, 4) is 0 Å². The molecular formula is C16H27N5OS. The molecule has 2 aliphatic rings. The van der Waals surface area contributed by atoms with E-state index in [0.717, 1.165) is 43.8 Å². The second-order valence-electron chi connectivity index (χ2n) is 6.69. The first-order valence-corrected chi connectivity index (χ1v) is 9.83. The number of carbonyl (C=O) groups is 1. The van der Waals surface area contributed by atoms with Crippen molar-refractivity contribution in [2.24, 2.45) is 0 Å². The molecular weight excluding hydrogens is 310 g/mol. The molecule has 1 amide bonds. The normalized spacial score (nSPS) is 24.1. The van der Waals surface area contributed by atoms with E-state index in [9.17, 15) is 4.79 Å². The maximum Gasteiger partial charge on any atom is 0.236 e. The maximum absolute atomic E-state index is 12.9. The molecule has 1 saturated heterocycles. The Hall–Kier alpha value is -1.11. The highest BCUT2D eigenvalue weighted by molar-refractivity contribution is 8.00. The Labute approximate surface area is 142 Å². The summed E-state index contributed by atoms with van der Waals surface area (Å²) < 4.78 is 1.94. The topological polar surface area (TPSA) is 63.9 Å². The third-order valence-corrected chi connectivity index (χ3v) is 6.18. The minimum atomic E-state index is -0.131. The lowest BCUT2D eigenvalue weighted by Crippen LogP contribution is -2.46. The highest BCUT2D eigenvalue weighted by atomic mass is 32.2. The minimum absolute atomic E-state index is 0.131. The number of thioether (sulfide) groups is 1. The fraction of sp³-hybridized carbons (Fsp3) is 0.875. The Morgan fingerprint density at radius 2 is 2.00 bits per heavy atom. The predicted molar refractivity (Wildman–Crippen MR) is 90.3 cm³/mol. The number of tetrazole rings is 1. The quantitative estimate of drug-likeness (QED) is 0.773. The van der Waals surface area contributed by atoms with Crippen molar-refractivity contribution in [2.75, 3.05) is 6.54 Å². The summed E-state index contributed by atoms with van der Waals surface area (Å²) in [4.78, 5) is 14.9. The van der Waals surface area contributed by atoms with Gasteiger partial charge in [-0.15, -0.1) is 5.10 Å². The summed E-state index contributed by atoms with van der Waals surface area (Å²) in [6, 6.07) is 0.818. The number of piperidine rings is 1. The van der Waals surface area contributed by atoms with Gasteiger partial charge in [-0.3, -0.25) is 4.79 Å².